The van der Waals surface area contributed by atoms with E-state index < -0.39 is 0 Å². The molecule has 0 aliphatic carbocycles. The van der Waals surface area contributed by atoms with E-state index in [-0.39, 0.29) is 0 Å². The van der Waals surface area contributed by atoms with Gasteiger partial charge in [0.05, 0.1) is 7.11 Å². The summed E-state index contributed by atoms with van der Waals surface area (Å²) in [6.45, 7) is 0. The van der Waals surface area contributed by atoms with Crippen molar-refractivity contribution in [2.45, 2.75) is 31.7 Å². The molecule has 1 unspecified atom stereocenters. The highest BCUT2D eigenvalue weighted by Crippen LogP contribution is 2.20. The van der Waals surface area contributed by atoms with Crippen LogP contribution in [0.25, 0.3) is 0 Å². The van der Waals surface area contributed by atoms with Gasteiger partial charge in [-0.1, -0.05) is 18.2 Å². The van der Waals surface area contributed by atoms with Crippen LogP contribution in [0.15, 0.2) is 24.3 Å². The maximum Gasteiger partial charge on any atom is 0.122 e. The Bertz CT molecular complexity index is 367. The van der Waals surface area contributed by atoms with Crippen molar-refractivity contribution in [2.75, 3.05) is 14.2 Å². The molecule has 0 aromatic heterocycles. The number of rotatable bonds is 7. The fraction of sp³-hybridized carbons (Fsp3) is 0.467. The van der Waals surface area contributed by atoms with E-state index in [4.69, 9.17) is 11.2 Å². The van der Waals surface area contributed by atoms with Crippen LogP contribution in [-0.2, 0) is 6.42 Å². The molecule has 2 nitrogen and oxygen atoms in total. The van der Waals surface area contributed by atoms with Gasteiger partial charge in [-0.05, 0) is 37.9 Å². The van der Waals surface area contributed by atoms with Gasteiger partial charge in [0.1, 0.15) is 5.75 Å². The summed E-state index contributed by atoms with van der Waals surface area (Å²) >= 11 is 0. The van der Waals surface area contributed by atoms with Crippen LogP contribution in [0, 0.1) is 12.3 Å². The molecule has 0 fully saturated rings. The Morgan fingerprint density at radius 2 is 2.18 bits per heavy atom. The number of para-hydroxylation sites is 1. The zero-order valence-corrected chi connectivity index (χ0v) is 10.7. The first kappa shape index (κ1) is 13.6. The molecule has 0 saturated carbocycles. The fourth-order valence-corrected chi connectivity index (χ4v) is 1.94. The Hall–Kier alpha value is -1.46. The third-order valence-corrected chi connectivity index (χ3v) is 2.94. The molecule has 17 heavy (non-hydrogen) atoms. The van der Waals surface area contributed by atoms with Crippen molar-refractivity contribution in [1.29, 1.82) is 0 Å². The number of ether oxygens (including phenoxy) is 1. The maximum atomic E-state index is 5.36. The smallest absolute Gasteiger partial charge is 0.122 e. The van der Waals surface area contributed by atoms with Crippen molar-refractivity contribution in [3.8, 4) is 18.1 Å². The second-order valence-corrected chi connectivity index (χ2v) is 4.10. The molecule has 0 amide bonds. The normalized spacial score (nSPS) is 11.8. The Morgan fingerprint density at radius 1 is 1.41 bits per heavy atom. The second-order valence-electron chi connectivity index (χ2n) is 4.10. The van der Waals surface area contributed by atoms with Gasteiger partial charge in [0.25, 0.3) is 0 Å². The summed E-state index contributed by atoms with van der Waals surface area (Å²) in [6, 6.07) is 8.62. The molecule has 1 rings (SSSR count). The predicted octanol–water partition coefficient (Wildman–Crippen LogP) is 2.63. The SMILES string of the molecule is C#CCCCC(Cc1ccccc1OC)NC. The van der Waals surface area contributed by atoms with E-state index in [0.717, 1.165) is 31.4 Å². The van der Waals surface area contributed by atoms with Crippen molar-refractivity contribution in [1.82, 2.24) is 5.32 Å². The van der Waals surface area contributed by atoms with E-state index in [1.165, 1.54) is 5.56 Å². The van der Waals surface area contributed by atoms with Crippen LogP contribution in [0.5, 0.6) is 5.75 Å². The molecule has 0 saturated heterocycles. The van der Waals surface area contributed by atoms with Crippen LogP contribution in [0.2, 0.25) is 0 Å². The van der Waals surface area contributed by atoms with Gasteiger partial charge in [-0.2, -0.15) is 0 Å². The zero-order valence-electron chi connectivity index (χ0n) is 10.7. The average molecular weight is 231 g/mol. The maximum absolute atomic E-state index is 5.36. The van der Waals surface area contributed by atoms with Gasteiger partial charge in [-0.25, -0.2) is 0 Å². The molecule has 1 N–H and O–H groups in total. The number of methoxy groups -OCH3 is 1. The van der Waals surface area contributed by atoms with E-state index in [9.17, 15) is 0 Å². The van der Waals surface area contributed by atoms with E-state index in [2.05, 4.69) is 17.3 Å². The highest BCUT2D eigenvalue weighted by Gasteiger charge is 2.09. The van der Waals surface area contributed by atoms with Gasteiger partial charge >= 0.3 is 0 Å². The Labute approximate surface area is 104 Å². The fourth-order valence-electron chi connectivity index (χ4n) is 1.94. The minimum Gasteiger partial charge on any atom is -0.496 e. The minimum absolute atomic E-state index is 0.458. The highest BCUT2D eigenvalue weighted by atomic mass is 16.5. The molecule has 0 aliphatic rings. The number of hydrogen-bond donors (Lipinski definition) is 1. The van der Waals surface area contributed by atoms with Crippen LogP contribution < -0.4 is 10.1 Å². The third kappa shape index (κ3) is 4.50. The quantitative estimate of drug-likeness (QED) is 0.575. The summed E-state index contributed by atoms with van der Waals surface area (Å²) in [4.78, 5) is 0. The number of nitrogens with one attached hydrogen (secondary N) is 1. The van der Waals surface area contributed by atoms with Gasteiger partial charge in [0.2, 0.25) is 0 Å². The van der Waals surface area contributed by atoms with Crippen LogP contribution in [-0.4, -0.2) is 20.2 Å². The van der Waals surface area contributed by atoms with Crippen LogP contribution in [0.3, 0.4) is 0 Å². The Morgan fingerprint density at radius 3 is 2.82 bits per heavy atom. The topological polar surface area (TPSA) is 21.3 Å². The largest absolute Gasteiger partial charge is 0.496 e. The molecule has 0 heterocycles. The molecule has 1 atom stereocenters. The lowest BCUT2D eigenvalue weighted by molar-refractivity contribution is 0.404. The zero-order chi connectivity index (χ0) is 12.5. The molecule has 2 heteroatoms. The second kappa shape index (κ2) is 7.76. The number of unbranched alkanes of at least 4 members (excludes halogenated alkanes) is 1. The molecule has 0 spiro atoms. The summed E-state index contributed by atoms with van der Waals surface area (Å²) in [5.41, 5.74) is 1.25. The van der Waals surface area contributed by atoms with E-state index in [1.54, 1.807) is 7.11 Å². The summed E-state index contributed by atoms with van der Waals surface area (Å²) in [6.07, 6.45) is 9.26. The van der Waals surface area contributed by atoms with Gasteiger partial charge in [-0.15, -0.1) is 12.3 Å². The summed E-state index contributed by atoms with van der Waals surface area (Å²) in [5, 5.41) is 3.34. The first-order valence-corrected chi connectivity index (χ1v) is 6.04. The average Bonchev–Trinajstić information content (AvgIpc) is 2.38. The minimum atomic E-state index is 0.458. The van der Waals surface area contributed by atoms with Gasteiger partial charge in [0.15, 0.2) is 0 Å². The molecular formula is C15H21NO. The van der Waals surface area contributed by atoms with Crippen molar-refractivity contribution in [3.05, 3.63) is 29.8 Å². The van der Waals surface area contributed by atoms with Crippen molar-refractivity contribution in [2.24, 2.45) is 0 Å². The summed E-state index contributed by atoms with van der Waals surface area (Å²) in [7, 11) is 3.71. The summed E-state index contributed by atoms with van der Waals surface area (Å²) in [5.74, 6) is 3.64. The van der Waals surface area contributed by atoms with Crippen LogP contribution in [0.4, 0.5) is 0 Å². The van der Waals surface area contributed by atoms with Crippen molar-refractivity contribution in [3.63, 3.8) is 0 Å². The monoisotopic (exact) mass is 231 g/mol. The van der Waals surface area contributed by atoms with Gasteiger partial charge < -0.3 is 10.1 Å². The summed E-state index contributed by atoms with van der Waals surface area (Å²) < 4.78 is 5.36. The molecule has 1 aromatic rings. The molecule has 0 aliphatic heterocycles. The lowest BCUT2D eigenvalue weighted by atomic mass is 10.0. The van der Waals surface area contributed by atoms with Gasteiger partial charge in [0, 0.05) is 12.5 Å². The van der Waals surface area contributed by atoms with Gasteiger partial charge in [-0.3, -0.25) is 0 Å². The number of terminal acetylenes is 1. The molecule has 0 radical (unpaired) electrons. The van der Waals surface area contributed by atoms with E-state index in [0.29, 0.717) is 6.04 Å². The van der Waals surface area contributed by atoms with E-state index in [1.807, 2.05) is 25.2 Å². The van der Waals surface area contributed by atoms with Crippen molar-refractivity contribution >= 4 is 0 Å². The first-order chi connectivity index (χ1) is 8.31. The molecule has 0 bridgehead atoms. The first-order valence-electron chi connectivity index (χ1n) is 6.04. The molecule has 92 valence electrons. The highest BCUT2D eigenvalue weighted by molar-refractivity contribution is 5.33. The third-order valence-electron chi connectivity index (χ3n) is 2.94. The van der Waals surface area contributed by atoms with Crippen LogP contribution >= 0.6 is 0 Å². The van der Waals surface area contributed by atoms with Crippen molar-refractivity contribution < 1.29 is 4.74 Å². The number of likely N-dealkylation sites (N-methyl/N-ethyl adjacent to an activating group) is 1. The predicted molar refractivity (Wildman–Crippen MR) is 72.2 cm³/mol. The lowest BCUT2D eigenvalue weighted by Crippen LogP contribution is -2.27. The molecular weight excluding hydrogens is 210 g/mol. The standard InChI is InChI=1S/C15H21NO/c1-4-5-6-10-14(16-2)12-13-9-7-8-11-15(13)17-3/h1,7-9,11,14,16H,5-6,10,12H2,2-3H3. The Balaban J connectivity index is 2.57. The number of benzene rings is 1. The van der Waals surface area contributed by atoms with E-state index >= 15 is 0 Å². The lowest BCUT2D eigenvalue weighted by Gasteiger charge is -2.17. The van der Waals surface area contributed by atoms with Crippen LogP contribution in [0.1, 0.15) is 24.8 Å². The Kier molecular flexibility index (Phi) is 6.21. The number of hydrogen-bond acceptors (Lipinski definition) is 2. The molecule has 1 aromatic carbocycles.